The molecule has 4 aliphatic heterocycles. The number of thiazole rings is 2. The maximum atomic E-state index is 14.8. The molecule has 4 N–H and O–H groups in total. The lowest BCUT2D eigenvalue weighted by molar-refractivity contribution is -0.147. The van der Waals surface area contributed by atoms with Crippen molar-refractivity contribution in [3.63, 3.8) is 0 Å². The molecule has 0 spiro atoms. The third-order valence-corrected chi connectivity index (χ3v) is 29.2. The molecule has 8 aromatic rings. The number of nitrogens with zero attached hydrogens (tertiary/aromatic N) is 4. The van der Waals surface area contributed by atoms with Crippen molar-refractivity contribution in [2.75, 3.05) is 13.1 Å². The minimum atomic E-state index is -3.89. The SMILES string of the molecule is CC1(S(=O)(=O)NC(=O)[C@]23CC(=O)[C@@H]4C[C@@H](Oc5nc6ccccc6s5)CN4C(=O)[C@@H](Cc4ccc5ccccc5c4)CCCCC/C=C\[C@@H]2C3)CC1.CC1(S(N)(=O)=O)CC1.O=C1C[C@]2(C(=O)O)C[C@H]2/C=C\CCCCC[C@H](Cc2ccc3ccccc3c2)C(=O)N2C[C@H](Oc3nc4ccccc4s3)C[C@@H]12. The number of rotatable bonds is 13. The van der Waals surface area contributed by atoms with Gasteiger partial charge < -0.3 is 24.4 Å². The van der Waals surface area contributed by atoms with Gasteiger partial charge in [-0.1, -0.05) is 182 Å². The lowest BCUT2D eigenvalue weighted by atomic mass is 9.89. The average Bonchev–Trinajstić information content (AvgIpc) is 1.57. The van der Waals surface area contributed by atoms with Gasteiger partial charge in [-0.2, -0.15) is 0 Å². The quantitative estimate of drug-likeness (QED) is 0.0905. The molecule has 19 nitrogen and oxygen atoms in total. The number of carbonyl (C=O) groups is 6. The first-order valence-corrected chi connectivity index (χ1v) is 41.9. The normalized spacial score (nSPS) is 28.1. The number of para-hydroxylation sites is 2. The van der Waals surface area contributed by atoms with Crippen molar-refractivity contribution >= 4 is 120 Å². The summed E-state index contributed by atoms with van der Waals surface area (Å²) in [5.41, 5.74) is 1.60. The molecule has 6 heterocycles. The van der Waals surface area contributed by atoms with E-state index in [1.807, 2.05) is 84.9 Å². The molecule has 4 aliphatic carbocycles. The van der Waals surface area contributed by atoms with Crippen LogP contribution in [0.15, 0.2) is 158 Å². The fraction of sp³-hybridized carbons (Fsp3) is 0.463. The number of carbonyl (C=O) groups excluding carboxylic acids is 5. The van der Waals surface area contributed by atoms with Crippen LogP contribution < -0.4 is 19.3 Å². The highest BCUT2D eigenvalue weighted by Crippen LogP contribution is 2.59. The largest absolute Gasteiger partial charge is 0.481 e. The number of aliphatic carboxylic acids is 1. The minimum Gasteiger partial charge on any atom is -0.481 e. The van der Waals surface area contributed by atoms with Gasteiger partial charge in [0, 0.05) is 37.5 Å². The van der Waals surface area contributed by atoms with Crippen molar-refractivity contribution in [3.05, 3.63) is 169 Å². The lowest BCUT2D eigenvalue weighted by Crippen LogP contribution is -2.47. The fourth-order valence-corrected chi connectivity index (χ4v) is 19.6. The number of sulfonamides is 2. The van der Waals surface area contributed by atoms with E-state index in [9.17, 15) is 50.7 Å². The molecule has 16 rings (SSSR count). The number of ether oxygens (including phenoxy) is 2. The van der Waals surface area contributed by atoms with Crippen LogP contribution in [0.5, 0.6) is 10.4 Å². The molecule has 105 heavy (non-hydrogen) atoms. The minimum absolute atomic E-state index is 0.0402. The van der Waals surface area contributed by atoms with E-state index >= 15 is 0 Å². The van der Waals surface area contributed by atoms with Crippen LogP contribution in [0.2, 0.25) is 0 Å². The number of carboxylic acids is 1. The second-order valence-corrected chi connectivity index (χ2v) is 37.3. The molecule has 0 bridgehead atoms. The standard InChI is InChI=1S/C41H45N3O6S2.C37H38N2O5S.C4H9NO2S/c1-40(19-20-40)52(48,49)43-38(47)41-24-31(41)14-6-4-2-3-5-13-30(22-27-17-18-28-11-7-8-12-29(28)21-27)37(46)44-26-32(23-34(44)35(45)25-41)50-39-42-33-15-9-10-16-36(33)51-39;40-32-22-37(35(42)43)21-28(37)13-5-3-1-2-4-12-27(19-24-16-17-25-10-6-7-11-26(25)18-24)34(41)39-23-29(20-31(32)39)44-36-38-30-14-8-9-15-33(30)45-36;1-4(2-3-4)8(5,6)7/h6-12,14-18,21,30-32,34H,2-5,13,19-20,22-26H2,1H3,(H,43,47);5-11,13-18,27-29,31H,1-4,12,19-23H2,(H,42,43);2-3H2,1H3,(H2,5,6,7)/b14-6-;13-5-;/t30-,31-,32-,34+,41-;27-,28-,29-,31+,37-;/m11./s1. The van der Waals surface area contributed by atoms with Crippen molar-refractivity contribution in [3.8, 4) is 10.4 Å². The lowest BCUT2D eigenvalue weighted by Gasteiger charge is -2.29. The molecule has 10 atom stereocenters. The molecule has 0 radical (unpaired) electrons. The highest BCUT2D eigenvalue weighted by atomic mass is 32.2. The van der Waals surface area contributed by atoms with Gasteiger partial charge in [-0.25, -0.2) is 31.9 Å². The van der Waals surface area contributed by atoms with Gasteiger partial charge in [-0.05, 0) is 173 Å². The predicted octanol–water partition coefficient (Wildman–Crippen LogP) is 14.2. The first-order chi connectivity index (χ1) is 50.4. The van der Waals surface area contributed by atoms with Gasteiger partial charge in [0.15, 0.2) is 11.6 Å². The third-order valence-electron chi connectivity index (χ3n) is 23.4. The monoisotopic (exact) mass is 1500 g/mol. The van der Waals surface area contributed by atoms with Crippen molar-refractivity contribution in [2.45, 2.75) is 189 Å². The van der Waals surface area contributed by atoms with Gasteiger partial charge in [0.1, 0.15) is 12.2 Å². The molecule has 3 amide bonds. The number of aromatic nitrogens is 2. The van der Waals surface area contributed by atoms with Crippen LogP contribution in [-0.4, -0.2) is 124 Å². The summed E-state index contributed by atoms with van der Waals surface area (Å²) in [6, 6.07) is 43.2. The van der Waals surface area contributed by atoms with E-state index in [4.69, 9.17) is 14.6 Å². The number of carboxylic acid groups (broad SMARTS) is 1. The number of benzene rings is 6. The molecule has 2 saturated heterocycles. The number of hydrogen-bond donors (Lipinski definition) is 3. The first kappa shape index (κ1) is 73.7. The van der Waals surface area contributed by atoms with Crippen LogP contribution >= 0.6 is 22.7 Å². The summed E-state index contributed by atoms with van der Waals surface area (Å²) < 4.78 is 62.9. The predicted molar refractivity (Wildman–Crippen MR) is 408 cm³/mol. The summed E-state index contributed by atoms with van der Waals surface area (Å²) in [5.74, 6) is -3.09. The Labute approximate surface area is 621 Å². The van der Waals surface area contributed by atoms with Gasteiger partial charge in [-0.3, -0.25) is 33.5 Å². The van der Waals surface area contributed by atoms with Crippen molar-refractivity contribution in [2.24, 2.45) is 39.6 Å². The number of amides is 3. The number of primary sulfonamides is 1. The Balaban J connectivity index is 0.000000161. The van der Waals surface area contributed by atoms with Gasteiger partial charge in [-0.15, -0.1) is 0 Å². The summed E-state index contributed by atoms with van der Waals surface area (Å²) >= 11 is 2.89. The Morgan fingerprint density at radius 3 is 1.43 bits per heavy atom. The van der Waals surface area contributed by atoms with Crippen LogP contribution in [0.25, 0.3) is 42.0 Å². The Bertz CT molecular complexity index is 4880. The maximum Gasteiger partial charge on any atom is 0.310 e. The molecule has 4 saturated carbocycles. The van der Waals surface area contributed by atoms with Crippen LogP contribution in [0.3, 0.4) is 0 Å². The van der Waals surface area contributed by atoms with Crippen molar-refractivity contribution < 1.29 is 60.2 Å². The van der Waals surface area contributed by atoms with E-state index in [1.165, 1.54) is 22.7 Å². The van der Waals surface area contributed by atoms with E-state index in [-0.39, 0.29) is 79.4 Å². The highest BCUT2D eigenvalue weighted by molar-refractivity contribution is 7.91. The number of hydrogen-bond acceptors (Lipinski definition) is 16. The Hall–Kier alpha value is -8.22. The Kier molecular flexibility index (Phi) is 21.2. The fourth-order valence-electron chi connectivity index (χ4n) is 15.9. The van der Waals surface area contributed by atoms with Crippen molar-refractivity contribution in [1.82, 2.24) is 24.5 Å². The molecule has 23 heteroatoms. The molecule has 6 aromatic carbocycles. The Morgan fingerprint density at radius 1 is 0.562 bits per heavy atom. The summed E-state index contributed by atoms with van der Waals surface area (Å²) in [6.45, 7) is 3.83. The molecular formula is C82H92N6O13S4. The molecule has 8 aliphatic rings. The topological polar surface area (TPSA) is 280 Å². The van der Waals surface area contributed by atoms with Crippen LogP contribution in [0, 0.1) is 34.5 Å². The van der Waals surface area contributed by atoms with Crippen LogP contribution in [-0.2, 0) is 61.7 Å². The third kappa shape index (κ3) is 16.4. The van der Waals surface area contributed by atoms with E-state index in [0.29, 0.717) is 61.8 Å². The number of Topliss-reactive ketones (excluding diaryl/α,β-unsaturated/α-hetero) is 2. The van der Waals surface area contributed by atoms with E-state index in [2.05, 4.69) is 87.5 Å². The summed E-state index contributed by atoms with van der Waals surface area (Å²) in [5, 5.41) is 20.6. The van der Waals surface area contributed by atoms with Crippen LogP contribution in [0.4, 0.5) is 0 Å². The summed E-state index contributed by atoms with van der Waals surface area (Å²) in [6.07, 6.45) is 20.9. The maximum absolute atomic E-state index is 14.8. The summed E-state index contributed by atoms with van der Waals surface area (Å²) in [7, 11) is -7.12. The molecular weight excluding hydrogens is 1410 g/mol. The number of ketones is 2. The molecule has 2 aromatic heterocycles. The second-order valence-electron chi connectivity index (χ2n) is 31.1. The molecule has 552 valence electrons. The second kappa shape index (κ2) is 30.2. The highest BCUT2D eigenvalue weighted by Gasteiger charge is 2.64. The number of nitrogens with one attached hydrogen (secondary N) is 1. The van der Waals surface area contributed by atoms with Gasteiger partial charge >= 0.3 is 5.97 Å². The average molecular weight is 1500 g/mol. The Morgan fingerprint density at radius 2 is 0.990 bits per heavy atom. The van der Waals surface area contributed by atoms with Gasteiger partial charge in [0.2, 0.25) is 37.8 Å². The smallest absolute Gasteiger partial charge is 0.310 e. The molecule has 0 unspecified atom stereocenters. The zero-order valence-corrected chi connectivity index (χ0v) is 62.7. The summed E-state index contributed by atoms with van der Waals surface area (Å²) in [4.78, 5) is 96.9. The number of fused-ring (bicyclic) bond motifs is 8. The van der Waals surface area contributed by atoms with E-state index in [0.717, 1.165) is 124 Å². The molecule has 6 fully saturated rings. The van der Waals surface area contributed by atoms with Gasteiger partial charge in [0.05, 0.1) is 65.9 Å². The van der Waals surface area contributed by atoms with Crippen molar-refractivity contribution in [1.29, 1.82) is 0 Å². The number of allylic oxidation sites excluding steroid dienone is 4. The van der Waals surface area contributed by atoms with E-state index < -0.39 is 76.5 Å². The zero-order valence-electron chi connectivity index (χ0n) is 59.4. The zero-order chi connectivity index (χ0) is 73.5. The van der Waals surface area contributed by atoms with Crippen LogP contribution in [0.1, 0.15) is 153 Å². The number of nitrogens with two attached hydrogens (primary N) is 1. The van der Waals surface area contributed by atoms with Gasteiger partial charge in [0.25, 0.3) is 10.4 Å². The first-order valence-electron chi connectivity index (χ1n) is 37.2. The van der Waals surface area contributed by atoms with E-state index in [1.54, 1.807) is 23.6 Å².